The monoisotopic (exact) mass is 322 g/mol. The average molecular weight is 323 g/mol. The standard InChI is InChI=1S/C16H13Cl2FN2/c17-10-15-20-14-3-1-2-13(18)16(14)21(15)9-8-11-4-6-12(19)7-5-11/h1-7H,8-10H2. The van der Waals surface area contributed by atoms with E-state index in [1.165, 1.54) is 12.1 Å². The van der Waals surface area contributed by atoms with Crippen molar-refractivity contribution in [1.82, 2.24) is 9.55 Å². The largest absolute Gasteiger partial charge is 0.325 e. The topological polar surface area (TPSA) is 17.8 Å². The summed E-state index contributed by atoms with van der Waals surface area (Å²) in [6.45, 7) is 0.702. The van der Waals surface area contributed by atoms with E-state index in [0.717, 1.165) is 28.8 Å². The van der Waals surface area contributed by atoms with Gasteiger partial charge in [-0.05, 0) is 36.2 Å². The van der Waals surface area contributed by atoms with Gasteiger partial charge in [-0.3, -0.25) is 0 Å². The van der Waals surface area contributed by atoms with E-state index in [-0.39, 0.29) is 5.82 Å². The molecule has 108 valence electrons. The second-order valence-electron chi connectivity index (χ2n) is 4.80. The second-order valence-corrected chi connectivity index (χ2v) is 5.47. The number of rotatable bonds is 4. The van der Waals surface area contributed by atoms with Crippen LogP contribution in [-0.2, 0) is 18.8 Å². The first-order valence-corrected chi connectivity index (χ1v) is 7.54. The van der Waals surface area contributed by atoms with Gasteiger partial charge in [0.15, 0.2) is 0 Å². The lowest BCUT2D eigenvalue weighted by Crippen LogP contribution is -2.05. The minimum absolute atomic E-state index is 0.226. The number of alkyl halides is 1. The van der Waals surface area contributed by atoms with E-state index in [2.05, 4.69) is 4.98 Å². The molecule has 5 heteroatoms. The SMILES string of the molecule is Fc1ccc(CCn2c(CCl)nc3cccc(Cl)c32)cc1. The fraction of sp³-hybridized carbons (Fsp3) is 0.188. The number of hydrogen-bond acceptors (Lipinski definition) is 1. The third kappa shape index (κ3) is 2.89. The molecule has 0 spiro atoms. The molecule has 0 radical (unpaired) electrons. The molecule has 2 aromatic carbocycles. The molecule has 3 aromatic rings. The number of fused-ring (bicyclic) bond motifs is 1. The van der Waals surface area contributed by atoms with E-state index in [1.807, 2.05) is 22.8 Å². The lowest BCUT2D eigenvalue weighted by atomic mass is 10.1. The van der Waals surface area contributed by atoms with Gasteiger partial charge in [-0.2, -0.15) is 0 Å². The summed E-state index contributed by atoms with van der Waals surface area (Å²) in [6.07, 6.45) is 0.765. The van der Waals surface area contributed by atoms with Gasteiger partial charge in [0.25, 0.3) is 0 Å². The Labute approximate surface area is 132 Å². The smallest absolute Gasteiger partial charge is 0.124 e. The summed E-state index contributed by atoms with van der Waals surface area (Å²) in [5.74, 6) is 0.896. The van der Waals surface area contributed by atoms with Gasteiger partial charge in [0.05, 0.1) is 21.9 Å². The predicted molar refractivity (Wildman–Crippen MR) is 84.4 cm³/mol. The number of aryl methyl sites for hydroxylation is 2. The number of imidazole rings is 1. The lowest BCUT2D eigenvalue weighted by molar-refractivity contribution is 0.625. The van der Waals surface area contributed by atoms with Crippen molar-refractivity contribution < 1.29 is 4.39 Å². The van der Waals surface area contributed by atoms with Crippen LogP contribution in [0.2, 0.25) is 5.02 Å². The minimum Gasteiger partial charge on any atom is -0.325 e. The highest BCUT2D eigenvalue weighted by molar-refractivity contribution is 6.35. The first kappa shape index (κ1) is 14.4. The summed E-state index contributed by atoms with van der Waals surface area (Å²) in [6, 6.07) is 12.2. The maximum absolute atomic E-state index is 12.9. The van der Waals surface area contributed by atoms with Crippen molar-refractivity contribution in [2.24, 2.45) is 0 Å². The fourth-order valence-corrected chi connectivity index (χ4v) is 2.90. The van der Waals surface area contributed by atoms with Crippen LogP contribution in [0.25, 0.3) is 11.0 Å². The predicted octanol–water partition coefficient (Wildman–Crippen LogP) is 4.81. The zero-order valence-corrected chi connectivity index (χ0v) is 12.7. The minimum atomic E-state index is -0.226. The van der Waals surface area contributed by atoms with Crippen LogP contribution in [0.4, 0.5) is 4.39 Å². The molecule has 0 saturated heterocycles. The number of aromatic nitrogens is 2. The number of nitrogens with zero attached hydrogens (tertiary/aromatic N) is 2. The van der Waals surface area contributed by atoms with Crippen molar-refractivity contribution in [3.63, 3.8) is 0 Å². The first-order chi connectivity index (χ1) is 10.2. The molecule has 1 heterocycles. The van der Waals surface area contributed by atoms with Crippen LogP contribution in [-0.4, -0.2) is 9.55 Å². The summed E-state index contributed by atoms with van der Waals surface area (Å²) in [7, 11) is 0. The molecule has 0 saturated carbocycles. The maximum atomic E-state index is 12.9. The van der Waals surface area contributed by atoms with Crippen molar-refractivity contribution >= 4 is 34.2 Å². The number of hydrogen-bond donors (Lipinski definition) is 0. The van der Waals surface area contributed by atoms with Gasteiger partial charge in [0.2, 0.25) is 0 Å². The van der Waals surface area contributed by atoms with Gasteiger partial charge >= 0.3 is 0 Å². The highest BCUT2D eigenvalue weighted by atomic mass is 35.5. The number of halogens is 3. The van der Waals surface area contributed by atoms with E-state index < -0.39 is 0 Å². The quantitative estimate of drug-likeness (QED) is 0.630. The molecular formula is C16H13Cl2FN2. The third-order valence-electron chi connectivity index (χ3n) is 3.45. The summed E-state index contributed by atoms with van der Waals surface area (Å²) in [4.78, 5) is 4.50. The molecule has 0 aliphatic heterocycles. The highest BCUT2D eigenvalue weighted by Gasteiger charge is 2.12. The van der Waals surface area contributed by atoms with E-state index in [0.29, 0.717) is 17.4 Å². The second kappa shape index (κ2) is 6.04. The van der Waals surface area contributed by atoms with Gasteiger partial charge in [0, 0.05) is 6.54 Å². The molecule has 0 amide bonds. The molecule has 0 aliphatic rings. The molecule has 3 rings (SSSR count). The summed E-state index contributed by atoms with van der Waals surface area (Å²) >= 11 is 12.3. The molecule has 1 aromatic heterocycles. The third-order valence-corrected chi connectivity index (χ3v) is 4.00. The maximum Gasteiger partial charge on any atom is 0.124 e. The Bertz CT molecular complexity index is 766. The molecule has 0 atom stereocenters. The summed E-state index contributed by atoms with van der Waals surface area (Å²) in [5, 5.41) is 0.662. The van der Waals surface area contributed by atoms with Gasteiger partial charge in [-0.25, -0.2) is 9.37 Å². The van der Waals surface area contributed by atoms with Crippen LogP contribution in [0.5, 0.6) is 0 Å². The fourth-order valence-electron chi connectivity index (χ4n) is 2.42. The molecular weight excluding hydrogens is 310 g/mol. The summed E-state index contributed by atoms with van der Waals surface area (Å²) < 4.78 is 15.0. The molecule has 0 fully saturated rings. The van der Waals surface area contributed by atoms with Crippen molar-refractivity contribution in [3.05, 3.63) is 64.7 Å². The van der Waals surface area contributed by atoms with E-state index in [4.69, 9.17) is 23.2 Å². The van der Waals surface area contributed by atoms with Gasteiger partial charge in [0.1, 0.15) is 11.6 Å². The van der Waals surface area contributed by atoms with Crippen LogP contribution >= 0.6 is 23.2 Å². The Morgan fingerprint density at radius 3 is 2.57 bits per heavy atom. The van der Waals surface area contributed by atoms with Crippen LogP contribution in [0, 0.1) is 5.82 Å². The van der Waals surface area contributed by atoms with Crippen molar-refractivity contribution in [3.8, 4) is 0 Å². The van der Waals surface area contributed by atoms with E-state index >= 15 is 0 Å². The Balaban J connectivity index is 1.94. The van der Waals surface area contributed by atoms with Gasteiger partial charge < -0.3 is 4.57 Å². The number of benzene rings is 2. The highest BCUT2D eigenvalue weighted by Crippen LogP contribution is 2.25. The van der Waals surface area contributed by atoms with Crippen molar-refractivity contribution in [1.29, 1.82) is 0 Å². The Morgan fingerprint density at radius 1 is 1.10 bits per heavy atom. The molecule has 0 N–H and O–H groups in total. The van der Waals surface area contributed by atoms with Crippen LogP contribution in [0.1, 0.15) is 11.4 Å². The van der Waals surface area contributed by atoms with Crippen LogP contribution < -0.4 is 0 Å². The first-order valence-electron chi connectivity index (χ1n) is 6.63. The van der Waals surface area contributed by atoms with E-state index in [1.54, 1.807) is 12.1 Å². The number of para-hydroxylation sites is 1. The van der Waals surface area contributed by atoms with Gasteiger partial charge in [-0.1, -0.05) is 29.8 Å². The normalized spacial score (nSPS) is 11.2. The van der Waals surface area contributed by atoms with Gasteiger partial charge in [-0.15, -0.1) is 11.6 Å². The molecule has 21 heavy (non-hydrogen) atoms. The summed E-state index contributed by atoms with van der Waals surface area (Å²) in [5.41, 5.74) is 2.81. The van der Waals surface area contributed by atoms with Crippen molar-refractivity contribution in [2.75, 3.05) is 0 Å². The zero-order valence-electron chi connectivity index (χ0n) is 11.2. The Kier molecular flexibility index (Phi) is 4.13. The molecule has 0 bridgehead atoms. The lowest BCUT2D eigenvalue weighted by Gasteiger charge is -2.09. The zero-order chi connectivity index (χ0) is 14.8. The Morgan fingerprint density at radius 2 is 1.86 bits per heavy atom. The molecule has 0 aliphatic carbocycles. The van der Waals surface area contributed by atoms with E-state index in [9.17, 15) is 4.39 Å². The van der Waals surface area contributed by atoms with Crippen LogP contribution in [0.3, 0.4) is 0 Å². The molecule has 0 unspecified atom stereocenters. The van der Waals surface area contributed by atoms with Crippen molar-refractivity contribution in [2.45, 2.75) is 18.8 Å². The Hall–Kier alpha value is -1.58. The molecule has 2 nitrogen and oxygen atoms in total. The van der Waals surface area contributed by atoms with Crippen LogP contribution in [0.15, 0.2) is 42.5 Å². The average Bonchev–Trinajstić information content (AvgIpc) is 2.86.